The molecule has 0 spiro atoms. The number of carbonyl (C=O) groups is 1. The van der Waals surface area contributed by atoms with Gasteiger partial charge in [0, 0.05) is 42.2 Å². The fraction of sp³-hybridized carbons (Fsp3) is 0.304. The minimum Gasteiger partial charge on any atom is -0.340 e. The zero-order valence-electron chi connectivity index (χ0n) is 16.2. The summed E-state index contributed by atoms with van der Waals surface area (Å²) >= 11 is 0. The van der Waals surface area contributed by atoms with Crippen molar-refractivity contribution in [3.63, 3.8) is 0 Å². The molecule has 1 aliphatic heterocycles. The lowest BCUT2D eigenvalue weighted by Crippen LogP contribution is -2.32. The Bertz CT molecular complexity index is 1000. The SMILES string of the molecule is O=C(C1CC1)N1CCC[C@H]1c1nc(Nc2ccccc2)cc(-c2ccncc2)n1. The van der Waals surface area contributed by atoms with Gasteiger partial charge in [0.25, 0.3) is 0 Å². The molecule has 29 heavy (non-hydrogen) atoms. The highest BCUT2D eigenvalue weighted by Crippen LogP contribution is 2.38. The zero-order chi connectivity index (χ0) is 19.6. The van der Waals surface area contributed by atoms with Crippen LogP contribution in [0.3, 0.4) is 0 Å². The van der Waals surface area contributed by atoms with Gasteiger partial charge in [-0.25, -0.2) is 9.97 Å². The molecule has 6 nitrogen and oxygen atoms in total. The van der Waals surface area contributed by atoms with Crippen molar-refractivity contribution in [2.45, 2.75) is 31.7 Å². The number of hydrogen-bond acceptors (Lipinski definition) is 5. The fourth-order valence-electron chi connectivity index (χ4n) is 3.88. The first-order valence-corrected chi connectivity index (χ1v) is 10.2. The minimum absolute atomic E-state index is 0.0544. The van der Waals surface area contributed by atoms with E-state index < -0.39 is 0 Å². The Morgan fingerprint density at radius 3 is 2.55 bits per heavy atom. The number of nitrogens with one attached hydrogen (secondary N) is 1. The van der Waals surface area contributed by atoms with Gasteiger partial charge in [0.05, 0.1) is 11.7 Å². The number of aromatic nitrogens is 3. The third-order valence-electron chi connectivity index (χ3n) is 5.53. The second kappa shape index (κ2) is 7.62. The molecule has 0 bridgehead atoms. The lowest BCUT2D eigenvalue weighted by atomic mass is 10.1. The molecule has 2 aliphatic rings. The summed E-state index contributed by atoms with van der Waals surface area (Å²) in [5.74, 6) is 1.92. The number of hydrogen-bond donors (Lipinski definition) is 1. The molecule has 146 valence electrons. The quantitative estimate of drug-likeness (QED) is 0.707. The minimum atomic E-state index is -0.0544. The number of pyridine rings is 1. The molecule has 1 atom stereocenters. The number of amides is 1. The van der Waals surface area contributed by atoms with E-state index in [1.165, 1.54) is 0 Å². The van der Waals surface area contributed by atoms with Crippen molar-refractivity contribution in [3.05, 3.63) is 66.7 Å². The maximum absolute atomic E-state index is 12.8. The summed E-state index contributed by atoms with van der Waals surface area (Å²) in [6, 6.07) is 15.8. The number of anilines is 2. The molecule has 5 rings (SSSR count). The van der Waals surface area contributed by atoms with Crippen LogP contribution in [-0.2, 0) is 4.79 Å². The molecule has 1 saturated carbocycles. The van der Waals surface area contributed by atoms with Crippen molar-refractivity contribution in [2.75, 3.05) is 11.9 Å². The first kappa shape index (κ1) is 17.8. The molecule has 1 saturated heterocycles. The summed E-state index contributed by atoms with van der Waals surface area (Å²) in [5, 5.41) is 3.39. The van der Waals surface area contributed by atoms with Crippen molar-refractivity contribution in [3.8, 4) is 11.3 Å². The highest BCUT2D eigenvalue weighted by Gasteiger charge is 2.40. The highest BCUT2D eigenvalue weighted by molar-refractivity contribution is 5.81. The fourth-order valence-corrected chi connectivity index (χ4v) is 3.88. The van der Waals surface area contributed by atoms with E-state index in [9.17, 15) is 4.79 Å². The van der Waals surface area contributed by atoms with Crippen LogP contribution in [0.15, 0.2) is 60.9 Å². The Balaban J connectivity index is 1.53. The number of nitrogens with zero attached hydrogens (tertiary/aromatic N) is 4. The first-order chi connectivity index (χ1) is 14.3. The molecule has 3 aromatic rings. The normalized spacial score (nSPS) is 18.6. The molecule has 1 amide bonds. The average Bonchev–Trinajstić information content (AvgIpc) is 3.50. The van der Waals surface area contributed by atoms with Gasteiger partial charge in [-0.3, -0.25) is 9.78 Å². The van der Waals surface area contributed by atoms with E-state index >= 15 is 0 Å². The van der Waals surface area contributed by atoms with Crippen LogP contribution in [0.25, 0.3) is 11.3 Å². The zero-order valence-corrected chi connectivity index (χ0v) is 16.2. The van der Waals surface area contributed by atoms with Crippen molar-refractivity contribution in [1.82, 2.24) is 19.9 Å². The molecule has 6 heteroatoms. The first-order valence-electron chi connectivity index (χ1n) is 10.2. The van der Waals surface area contributed by atoms with Crippen molar-refractivity contribution >= 4 is 17.4 Å². The Morgan fingerprint density at radius 1 is 1.00 bits per heavy atom. The summed E-state index contributed by atoms with van der Waals surface area (Å²) in [6.07, 6.45) is 7.46. The number of carbonyl (C=O) groups excluding carboxylic acids is 1. The van der Waals surface area contributed by atoms with Gasteiger partial charge in [0.1, 0.15) is 5.82 Å². The molecule has 2 aromatic heterocycles. The van der Waals surface area contributed by atoms with E-state index in [0.29, 0.717) is 5.82 Å². The predicted molar refractivity (Wildman–Crippen MR) is 111 cm³/mol. The molecule has 1 N–H and O–H groups in total. The number of rotatable bonds is 5. The Labute approximate surface area is 170 Å². The molecule has 0 unspecified atom stereocenters. The monoisotopic (exact) mass is 385 g/mol. The average molecular weight is 385 g/mol. The number of benzene rings is 1. The Kier molecular flexibility index (Phi) is 4.68. The second-order valence-corrected chi connectivity index (χ2v) is 7.69. The molecule has 3 heterocycles. The van der Waals surface area contributed by atoms with Crippen LogP contribution >= 0.6 is 0 Å². The molecular formula is C23H23N5O. The van der Waals surface area contributed by atoms with Crippen molar-refractivity contribution < 1.29 is 4.79 Å². The van der Waals surface area contributed by atoms with Crippen LogP contribution in [0.1, 0.15) is 37.5 Å². The lowest BCUT2D eigenvalue weighted by Gasteiger charge is -2.24. The van der Waals surface area contributed by atoms with Gasteiger partial charge in [-0.1, -0.05) is 18.2 Å². The van der Waals surface area contributed by atoms with E-state index in [2.05, 4.69) is 10.3 Å². The van der Waals surface area contributed by atoms with Gasteiger partial charge < -0.3 is 10.2 Å². The van der Waals surface area contributed by atoms with Crippen LogP contribution in [0.5, 0.6) is 0 Å². The van der Waals surface area contributed by atoms with Crippen molar-refractivity contribution in [2.24, 2.45) is 5.92 Å². The summed E-state index contributed by atoms with van der Waals surface area (Å²) < 4.78 is 0. The van der Waals surface area contributed by atoms with Crippen molar-refractivity contribution in [1.29, 1.82) is 0 Å². The Morgan fingerprint density at radius 2 is 1.79 bits per heavy atom. The summed E-state index contributed by atoms with van der Waals surface area (Å²) in [4.78, 5) is 28.6. The molecular weight excluding hydrogens is 362 g/mol. The van der Waals surface area contributed by atoms with E-state index in [4.69, 9.17) is 9.97 Å². The molecule has 1 aliphatic carbocycles. The Hall–Kier alpha value is -3.28. The van der Waals surface area contributed by atoms with Gasteiger partial charge in [-0.05, 0) is 49.9 Å². The van der Waals surface area contributed by atoms with Crippen LogP contribution in [0.4, 0.5) is 11.5 Å². The van der Waals surface area contributed by atoms with Gasteiger partial charge in [-0.2, -0.15) is 0 Å². The third-order valence-corrected chi connectivity index (χ3v) is 5.53. The number of likely N-dealkylation sites (tertiary alicyclic amines) is 1. The van der Waals surface area contributed by atoms with E-state index in [-0.39, 0.29) is 17.9 Å². The summed E-state index contributed by atoms with van der Waals surface area (Å²) in [7, 11) is 0. The summed E-state index contributed by atoms with van der Waals surface area (Å²) in [5.41, 5.74) is 2.79. The molecule has 2 fully saturated rings. The van der Waals surface area contributed by atoms with Crippen LogP contribution in [-0.4, -0.2) is 32.3 Å². The van der Waals surface area contributed by atoms with E-state index in [0.717, 1.165) is 55.0 Å². The maximum Gasteiger partial charge on any atom is 0.226 e. The third kappa shape index (κ3) is 3.83. The number of para-hydroxylation sites is 1. The van der Waals surface area contributed by atoms with Crippen LogP contribution < -0.4 is 5.32 Å². The molecule has 1 aromatic carbocycles. The predicted octanol–water partition coefficient (Wildman–Crippen LogP) is 4.36. The topological polar surface area (TPSA) is 71.0 Å². The van der Waals surface area contributed by atoms with Gasteiger partial charge in [0.2, 0.25) is 5.91 Å². The van der Waals surface area contributed by atoms with Crippen LogP contribution in [0, 0.1) is 5.92 Å². The summed E-state index contributed by atoms with van der Waals surface area (Å²) in [6.45, 7) is 0.796. The van der Waals surface area contributed by atoms with E-state index in [1.807, 2.05) is 53.4 Å². The van der Waals surface area contributed by atoms with Gasteiger partial charge in [0.15, 0.2) is 5.82 Å². The standard InChI is InChI=1S/C23H23N5O/c29-23(17-8-9-17)28-14-4-7-20(28)22-26-19(16-10-12-24-13-11-16)15-21(27-22)25-18-5-2-1-3-6-18/h1-3,5-6,10-13,15,17,20H,4,7-9,14H2,(H,25,26,27)/t20-/m0/s1. The second-order valence-electron chi connectivity index (χ2n) is 7.69. The molecule has 0 radical (unpaired) electrons. The van der Waals surface area contributed by atoms with Gasteiger partial charge >= 0.3 is 0 Å². The lowest BCUT2D eigenvalue weighted by molar-refractivity contribution is -0.133. The highest BCUT2D eigenvalue weighted by atomic mass is 16.2. The van der Waals surface area contributed by atoms with Gasteiger partial charge in [-0.15, -0.1) is 0 Å². The van der Waals surface area contributed by atoms with Crippen LogP contribution in [0.2, 0.25) is 0 Å². The largest absolute Gasteiger partial charge is 0.340 e. The maximum atomic E-state index is 12.8. The van der Waals surface area contributed by atoms with E-state index in [1.54, 1.807) is 12.4 Å². The smallest absolute Gasteiger partial charge is 0.226 e.